The van der Waals surface area contributed by atoms with E-state index >= 15 is 0 Å². The molecule has 0 radical (unpaired) electrons. The summed E-state index contributed by atoms with van der Waals surface area (Å²) >= 11 is 5.98. The molecule has 1 saturated heterocycles. The molecule has 1 fully saturated rings. The number of methoxy groups -OCH3 is 1. The van der Waals surface area contributed by atoms with Crippen LogP contribution < -0.4 is 10.1 Å². The van der Waals surface area contributed by atoms with Crippen LogP contribution in [0.5, 0.6) is 5.75 Å². The van der Waals surface area contributed by atoms with E-state index in [1.165, 1.54) is 47.8 Å². The van der Waals surface area contributed by atoms with Crippen molar-refractivity contribution in [3.05, 3.63) is 53.1 Å². The summed E-state index contributed by atoms with van der Waals surface area (Å²) in [6, 6.07) is 9.07. The summed E-state index contributed by atoms with van der Waals surface area (Å²) in [6.45, 7) is 0.793. The minimum Gasteiger partial charge on any atom is -0.495 e. The van der Waals surface area contributed by atoms with E-state index in [9.17, 15) is 26.4 Å². The predicted octanol–water partition coefficient (Wildman–Crippen LogP) is 3.70. The number of nitrogens with one attached hydrogen (secondary N) is 1. The van der Waals surface area contributed by atoms with Crippen LogP contribution >= 0.6 is 11.6 Å². The Morgan fingerprint density at radius 2 is 1.85 bits per heavy atom. The molecule has 2 aromatic carbocycles. The Bertz CT molecular complexity index is 1110. The number of anilines is 1. The first-order chi connectivity index (χ1) is 15.5. The van der Waals surface area contributed by atoms with Gasteiger partial charge in [-0.15, -0.1) is 0 Å². The number of nitrogens with zero attached hydrogens (tertiary/aromatic N) is 2. The van der Waals surface area contributed by atoms with Crippen LogP contribution in [0.4, 0.5) is 18.9 Å². The summed E-state index contributed by atoms with van der Waals surface area (Å²) in [5, 5.41) is 2.56. The molecular weight excluding hydrogens is 483 g/mol. The number of para-hydroxylation sites is 1. The molecule has 0 spiro atoms. The Kier molecular flexibility index (Phi) is 7.88. The number of benzene rings is 2. The highest BCUT2D eigenvalue weighted by molar-refractivity contribution is 7.89. The average molecular weight is 506 g/mol. The summed E-state index contributed by atoms with van der Waals surface area (Å²) in [5.74, 6) is -0.442. The zero-order chi connectivity index (χ0) is 24.2. The summed E-state index contributed by atoms with van der Waals surface area (Å²) in [4.78, 5) is 14.1. The first kappa shape index (κ1) is 25.3. The molecule has 0 aliphatic carbocycles. The van der Waals surface area contributed by atoms with E-state index in [2.05, 4.69) is 5.32 Å². The van der Waals surface area contributed by atoms with E-state index in [4.69, 9.17) is 16.3 Å². The van der Waals surface area contributed by atoms with Crippen LogP contribution in [-0.4, -0.2) is 63.4 Å². The third-order valence-corrected chi connectivity index (χ3v) is 7.32. The Hall–Kier alpha value is -2.34. The van der Waals surface area contributed by atoms with Crippen molar-refractivity contribution in [2.24, 2.45) is 0 Å². The van der Waals surface area contributed by atoms with E-state index in [1.807, 2.05) is 0 Å². The molecule has 1 amide bonds. The topological polar surface area (TPSA) is 79.0 Å². The molecule has 0 unspecified atom stereocenters. The molecule has 180 valence electrons. The van der Waals surface area contributed by atoms with Gasteiger partial charge in [-0.2, -0.15) is 17.5 Å². The van der Waals surface area contributed by atoms with Gasteiger partial charge in [0, 0.05) is 24.7 Å². The van der Waals surface area contributed by atoms with E-state index in [0.717, 1.165) is 6.07 Å². The van der Waals surface area contributed by atoms with Gasteiger partial charge in [-0.25, -0.2) is 8.42 Å². The summed E-state index contributed by atoms with van der Waals surface area (Å²) < 4.78 is 72.2. The maximum absolute atomic E-state index is 13.2. The largest absolute Gasteiger partial charge is 0.495 e. The maximum Gasteiger partial charge on any atom is 0.418 e. The summed E-state index contributed by atoms with van der Waals surface area (Å²) in [5.41, 5.74) is -1.25. The Morgan fingerprint density at radius 3 is 2.55 bits per heavy atom. The van der Waals surface area contributed by atoms with E-state index in [0.29, 0.717) is 13.0 Å². The van der Waals surface area contributed by atoms with Crippen molar-refractivity contribution in [3.8, 4) is 5.75 Å². The molecule has 0 atom stereocenters. The minimum atomic E-state index is -4.59. The number of hydrogen-bond donors (Lipinski definition) is 1. The fraction of sp³-hybridized carbons (Fsp3) is 0.381. The van der Waals surface area contributed by atoms with Gasteiger partial charge >= 0.3 is 6.18 Å². The zero-order valence-corrected chi connectivity index (χ0v) is 19.3. The molecule has 7 nitrogen and oxygen atoms in total. The van der Waals surface area contributed by atoms with Crippen molar-refractivity contribution in [1.82, 2.24) is 9.21 Å². The Morgan fingerprint density at radius 1 is 1.12 bits per heavy atom. The molecule has 1 aliphatic rings. The van der Waals surface area contributed by atoms with Crippen molar-refractivity contribution in [2.45, 2.75) is 17.5 Å². The number of carbonyl (C=O) groups is 1. The second-order valence-electron chi connectivity index (χ2n) is 7.42. The highest BCUT2D eigenvalue weighted by Gasteiger charge is 2.34. The number of hydrogen-bond acceptors (Lipinski definition) is 5. The first-order valence-electron chi connectivity index (χ1n) is 10.0. The molecule has 1 heterocycles. The Balaban J connectivity index is 1.66. The van der Waals surface area contributed by atoms with Gasteiger partial charge in [0.2, 0.25) is 15.9 Å². The lowest BCUT2D eigenvalue weighted by molar-refractivity contribution is -0.137. The van der Waals surface area contributed by atoms with Gasteiger partial charge in [-0.1, -0.05) is 23.7 Å². The van der Waals surface area contributed by atoms with Crippen LogP contribution in [0, 0.1) is 0 Å². The van der Waals surface area contributed by atoms with Crippen LogP contribution in [0.15, 0.2) is 47.4 Å². The van der Waals surface area contributed by atoms with Crippen molar-refractivity contribution >= 4 is 33.2 Å². The first-order valence-corrected chi connectivity index (χ1v) is 11.9. The van der Waals surface area contributed by atoms with Gasteiger partial charge < -0.3 is 10.1 Å². The fourth-order valence-corrected chi connectivity index (χ4v) is 5.46. The van der Waals surface area contributed by atoms with Gasteiger partial charge in [0.1, 0.15) is 10.6 Å². The van der Waals surface area contributed by atoms with Crippen LogP contribution in [0.3, 0.4) is 0 Å². The lowest BCUT2D eigenvalue weighted by atomic mass is 10.1. The van der Waals surface area contributed by atoms with E-state index in [-0.39, 0.29) is 47.5 Å². The molecule has 1 N–H and O–H groups in total. The number of alkyl halides is 3. The predicted molar refractivity (Wildman–Crippen MR) is 118 cm³/mol. The normalized spacial score (nSPS) is 16.3. The smallest absolute Gasteiger partial charge is 0.418 e. The minimum absolute atomic E-state index is 0.0487. The SMILES string of the molecule is COc1ccc(Cl)cc1S(=O)(=O)N1CCCN(CC(=O)Nc2ccccc2C(F)(F)F)CC1. The summed E-state index contributed by atoms with van der Waals surface area (Å²) in [6.07, 6.45) is -4.16. The molecule has 0 saturated carbocycles. The van der Waals surface area contributed by atoms with Crippen molar-refractivity contribution in [2.75, 3.05) is 45.2 Å². The van der Waals surface area contributed by atoms with Gasteiger partial charge in [0.15, 0.2) is 0 Å². The number of halogens is 4. The molecular formula is C21H23ClF3N3O4S. The third kappa shape index (κ3) is 6.17. The number of ether oxygens (including phenoxy) is 1. The zero-order valence-electron chi connectivity index (χ0n) is 17.7. The standard InChI is InChI=1S/C21H23ClF3N3O4S/c1-32-18-8-7-15(22)13-19(18)33(30,31)28-10-4-9-27(11-12-28)14-20(29)26-17-6-3-2-5-16(17)21(23,24)25/h2-3,5-8,13H,4,9-12,14H2,1H3,(H,26,29). The number of rotatable bonds is 6. The van der Waals surface area contributed by atoms with Crippen molar-refractivity contribution in [3.63, 3.8) is 0 Å². The quantitative estimate of drug-likeness (QED) is 0.647. The second kappa shape index (κ2) is 10.3. The molecule has 33 heavy (non-hydrogen) atoms. The highest BCUT2D eigenvalue weighted by Crippen LogP contribution is 2.34. The van der Waals surface area contributed by atoms with Gasteiger partial charge in [-0.05, 0) is 43.3 Å². The highest BCUT2D eigenvalue weighted by atomic mass is 35.5. The van der Waals surface area contributed by atoms with Crippen LogP contribution in [0.25, 0.3) is 0 Å². The molecule has 0 aromatic heterocycles. The molecule has 12 heteroatoms. The van der Waals surface area contributed by atoms with Crippen molar-refractivity contribution < 1.29 is 31.1 Å². The van der Waals surface area contributed by atoms with E-state index in [1.54, 1.807) is 4.90 Å². The molecule has 2 aromatic rings. The molecule has 1 aliphatic heterocycles. The Labute approximate surface area is 195 Å². The second-order valence-corrected chi connectivity index (χ2v) is 9.76. The maximum atomic E-state index is 13.2. The van der Waals surface area contributed by atoms with Crippen molar-refractivity contribution in [1.29, 1.82) is 0 Å². The third-order valence-electron chi connectivity index (χ3n) is 5.16. The van der Waals surface area contributed by atoms with Gasteiger partial charge in [0.05, 0.1) is 24.9 Å². The van der Waals surface area contributed by atoms with Crippen LogP contribution in [0.1, 0.15) is 12.0 Å². The van der Waals surface area contributed by atoms with Gasteiger partial charge in [0.25, 0.3) is 0 Å². The number of sulfonamides is 1. The molecule has 3 rings (SSSR count). The fourth-order valence-electron chi connectivity index (χ4n) is 3.57. The lowest BCUT2D eigenvalue weighted by Gasteiger charge is -2.22. The van der Waals surface area contributed by atoms with Crippen LogP contribution in [-0.2, 0) is 21.0 Å². The van der Waals surface area contributed by atoms with E-state index < -0.39 is 27.7 Å². The monoisotopic (exact) mass is 505 g/mol. The number of carbonyl (C=O) groups excluding carboxylic acids is 1. The molecule has 0 bridgehead atoms. The average Bonchev–Trinajstić information content (AvgIpc) is 2.99. The summed E-state index contributed by atoms with van der Waals surface area (Å²) in [7, 11) is -2.54. The van der Waals surface area contributed by atoms with Gasteiger partial charge in [-0.3, -0.25) is 9.69 Å². The van der Waals surface area contributed by atoms with Crippen LogP contribution in [0.2, 0.25) is 5.02 Å². The lowest BCUT2D eigenvalue weighted by Crippen LogP contribution is -2.38. The number of amides is 1.